The van der Waals surface area contributed by atoms with Gasteiger partial charge in [0.05, 0.1) is 23.2 Å². The predicted octanol–water partition coefficient (Wildman–Crippen LogP) is 3.10. The zero-order valence-corrected chi connectivity index (χ0v) is 14.2. The lowest BCUT2D eigenvalue weighted by atomic mass is 10.3. The Balaban J connectivity index is 2.33. The molecule has 0 fully saturated rings. The minimum atomic E-state index is -4.00. The number of benzene rings is 1. The first-order chi connectivity index (χ1) is 11.4. The SMILES string of the molecule is CCOC(=O)c1cc2cc(Cl)ncc2n1S(=O)(=O)c1ccccc1. The zero-order chi connectivity index (χ0) is 17.3. The van der Waals surface area contributed by atoms with Crippen molar-refractivity contribution in [3.63, 3.8) is 0 Å². The lowest BCUT2D eigenvalue weighted by Gasteiger charge is -2.11. The van der Waals surface area contributed by atoms with Crippen LogP contribution in [-0.4, -0.2) is 30.0 Å². The fourth-order valence-corrected chi connectivity index (χ4v) is 4.04. The molecule has 1 aromatic carbocycles. The molecule has 0 bridgehead atoms. The Bertz CT molecular complexity index is 1010. The van der Waals surface area contributed by atoms with Gasteiger partial charge in [0.2, 0.25) is 0 Å². The highest BCUT2D eigenvalue weighted by Crippen LogP contribution is 2.27. The van der Waals surface area contributed by atoms with Crippen molar-refractivity contribution in [3.05, 3.63) is 59.5 Å². The fourth-order valence-electron chi connectivity index (χ4n) is 2.36. The average molecular weight is 365 g/mol. The fraction of sp³-hybridized carbons (Fsp3) is 0.125. The monoisotopic (exact) mass is 364 g/mol. The quantitative estimate of drug-likeness (QED) is 0.525. The number of carbonyl (C=O) groups excluding carboxylic acids is 1. The molecule has 2 heterocycles. The smallest absolute Gasteiger partial charge is 0.356 e. The Morgan fingerprint density at radius 3 is 2.62 bits per heavy atom. The number of pyridine rings is 1. The van der Waals surface area contributed by atoms with Gasteiger partial charge in [-0.25, -0.2) is 22.2 Å². The third-order valence-corrected chi connectivity index (χ3v) is 5.33. The van der Waals surface area contributed by atoms with E-state index < -0.39 is 16.0 Å². The Hall–Kier alpha value is -2.38. The molecule has 0 radical (unpaired) electrons. The second-order valence-electron chi connectivity index (χ2n) is 4.90. The first kappa shape index (κ1) is 16.5. The number of rotatable bonds is 4. The Morgan fingerprint density at radius 2 is 1.96 bits per heavy atom. The largest absolute Gasteiger partial charge is 0.461 e. The summed E-state index contributed by atoms with van der Waals surface area (Å²) in [4.78, 5) is 16.2. The molecule has 0 amide bonds. The molecule has 0 aliphatic carbocycles. The second kappa shape index (κ2) is 6.26. The molecule has 0 saturated carbocycles. The Kier molecular flexibility index (Phi) is 4.29. The van der Waals surface area contributed by atoms with E-state index in [2.05, 4.69) is 4.98 Å². The van der Waals surface area contributed by atoms with Crippen LogP contribution in [0.3, 0.4) is 0 Å². The molecule has 0 atom stereocenters. The third-order valence-electron chi connectivity index (χ3n) is 3.38. The lowest BCUT2D eigenvalue weighted by molar-refractivity contribution is 0.0518. The van der Waals surface area contributed by atoms with Gasteiger partial charge in [-0.1, -0.05) is 29.8 Å². The molecule has 0 unspecified atom stereocenters. The van der Waals surface area contributed by atoms with E-state index in [-0.39, 0.29) is 27.9 Å². The van der Waals surface area contributed by atoms with Crippen molar-refractivity contribution in [1.82, 2.24) is 8.96 Å². The number of hydrogen-bond acceptors (Lipinski definition) is 5. The van der Waals surface area contributed by atoms with E-state index in [1.807, 2.05) is 0 Å². The molecule has 6 nitrogen and oxygen atoms in total. The number of halogens is 1. The van der Waals surface area contributed by atoms with E-state index >= 15 is 0 Å². The number of aromatic nitrogens is 2. The number of carbonyl (C=O) groups is 1. The van der Waals surface area contributed by atoms with Gasteiger partial charge in [0, 0.05) is 5.39 Å². The van der Waals surface area contributed by atoms with Crippen LogP contribution in [-0.2, 0) is 14.8 Å². The number of hydrogen-bond donors (Lipinski definition) is 0. The van der Waals surface area contributed by atoms with Crippen LogP contribution in [0.25, 0.3) is 10.9 Å². The highest BCUT2D eigenvalue weighted by molar-refractivity contribution is 7.90. The lowest BCUT2D eigenvalue weighted by Crippen LogP contribution is -2.19. The number of nitrogens with zero attached hydrogens (tertiary/aromatic N) is 2. The van der Waals surface area contributed by atoms with Crippen LogP contribution in [0.5, 0.6) is 0 Å². The molecule has 0 saturated heterocycles. The van der Waals surface area contributed by atoms with Gasteiger partial charge in [-0.3, -0.25) is 0 Å². The molecule has 0 aliphatic heterocycles. The van der Waals surface area contributed by atoms with Crippen molar-refractivity contribution in [2.75, 3.05) is 6.61 Å². The van der Waals surface area contributed by atoms with Crippen molar-refractivity contribution in [2.45, 2.75) is 11.8 Å². The van der Waals surface area contributed by atoms with E-state index in [1.54, 1.807) is 25.1 Å². The molecular formula is C16H13ClN2O4S. The van der Waals surface area contributed by atoms with E-state index in [0.29, 0.717) is 5.39 Å². The summed E-state index contributed by atoms with van der Waals surface area (Å²) in [5.41, 5.74) is 0.158. The van der Waals surface area contributed by atoms with Crippen molar-refractivity contribution >= 4 is 38.5 Å². The number of ether oxygens (including phenoxy) is 1. The molecule has 124 valence electrons. The van der Waals surface area contributed by atoms with E-state index in [1.165, 1.54) is 30.5 Å². The molecule has 24 heavy (non-hydrogen) atoms. The zero-order valence-electron chi connectivity index (χ0n) is 12.6. The summed E-state index contributed by atoms with van der Waals surface area (Å²) < 4.78 is 32.0. The molecule has 0 spiro atoms. The molecule has 8 heteroatoms. The number of esters is 1. The Labute approximate surface area is 143 Å². The summed E-state index contributed by atoms with van der Waals surface area (Å²) in [6.07, 6.45) is 1.32. The van der Waals surface area contributed by atoms with Crippen molar-refractivity contribution < 1.29 is 17.9 Å². The van der Waals surface area contributed by atoms with Crippen molar-refractivity contribution in [2.24, 2.45) is 0 Å². The average Bonchev–Trinajstić information content (AvgIpc) is 2.95. The normalized spacial score (nSPS) is 11.6. The summed E-state index contributed by atoms with van der Waals surface area (Å²) in [6, 6.07) is 10.8. The standard InChI is InChI=1S/C16H13ClN2O4S/c1-2-23-16(20)13-8-11-9-15(17)18-10-14(11)19(13)24(21,22)12-6-4-3-5-7-12/h3-10H,2H2,1H3. The summed E-state index contributed by atoms with van der Waals surface area (Å²) in [5, 5.41) is 0.685. The van der Waals surface area contributed by atoms with Crippen molar-refractivity contribution in [1.29, 1.82) is 0 Å². The molecular weight excluding hydrogens is 352 g/mol. The van der Waals surface area contributed by atoms with Crippen LogP contribution >= 0.6 is 11.6 Å². The summed E-state index contributed by atoms with van der Waals surface area (Å²) >= 11 is 5.87. The van der Waals surface area contributed by atoms with Gasteiger partial charge in [0.25, 0.3) is 10.0 Å². The van der Waals surface area contributed by atoms with E-state index in [4.69, 9.17) is 16.3 Å². The Morgan fingerprint density at radius 1 is 1.25 bits per heavy atom. The highest BCUT2D eigenvalue weighted by Gasteiger charge is 2.27. The van der Waals surface area contributed by atoms with Crippen LogP contribution < -0.4 is 0 Å². The minimum Gasteiger partial charge on any atom is -0.461 e. The third kappa shape index (κ3) is 2.76. The van der Waals surface area contributed by atoms with Gasteiger partial charge in [-0.2, -0.15) is 0 Å². The van der Waals surface area contributed by atoms with E-state index in [9.17, 15) is 13.2 Å². The van der Waals surface area contributed by atoms with Crippen LogP contribution in [0.1, 0.15) is 17.4 Å². The van der Waals surface area contributed by atoms with Crippen LogP contribution in [0.2, 0.25) is 5.15 Å². The first-order valence-electron chi connectivity index (χ1n) is 7.10. The van der Waals surface area contributed by atoms with Crippen LogP contribution in [0, 0.1) is 0 Å². The van der Waals surface area contributed by atoms with Gasteiger partial charge >= 0.3 is 5.97 Å². The topological polar surface area (TPSA) is 78.3 Å². The number of fused-ring (bicyclic) bond motifs is 1. The summed E-state index contributed by atoms with van der Waals surface area (Å²) in [5.74, 6) is -0.732. The molecule has 2 aromatic heterocycles. The second-order valence-corrected chi connectivity index (χ2v) is 7.07. The van der Waals surface area contributed by atoms with Crippen LogP contribution in [0.15, 0.2) is 53.6 Å². The minimum absolute atomic E-state index is 0.0583. The molecule has 0 N–H and O–H groups in total. The molecule has 3 aromatic rings. The maximum absolute atomic E-state index is 13.0. The maximum Gasteiger partial charge on any atom is 0.356 e. The van der Waals surface area contributed by atoms with Gasteiger partial charge < -0.3 is 4.74 Å². The van der Waals surface area contributed by atoms with Gasteiger partial charge in [-0.05, 0) is 31.2 Å². The highest BCUT2D eigenvalue weighted by atomic mass is 35.5. The van der Waals surface area contributed by atoms with Crippen LogP contribution in [0.4, 0.5) is 0 Å². The molecule has 3 rings (SSSR count). The van der Waals surface area contributed by atoms with Gasteiger partial charge in [0.1, 0.15) is 10.8 Å². The van der Waals surface area contributed by atoms with Gasteiger partial charge in [0.15, 0.2) is 0 Å². The predicted molar refractivity (Wildman–Crippen MR) is 89.7 cm³/mol. The summed E-state index contributed by atoms with van der Waals surface area (Å²) in [6.45, 7) is 1.78. The van der Waals surface area contributed by atoms with E-state index in [0.717, 1.165) is 3.97 Å². The molecule has 0 aliphatic rings. The summed E-state index contributed by atoms with van der Waals surface area (Å²) in [7, 11) is -4.00. The van der Waals surface area contributed by atoms with Gasteiger partial charge in [-0.15, -0.1) is 0 Å². The first-order valence-corrected chi connectivity index (χ1v) is 8.91. The van der Waals surface area contributed by atoms with Crippen molar-refractivity contribution in [3.8, 4) is 0 Å². The maximum atomic E-state index is 13.0.